The second kappa shape index (κ2) is 5.05. The van der Waals surface area contributed by atoms with Crippen LogP contribution < -0.4 is 0 Å². The number of carboxylic acid groups (broad SMARTS) is 1. The molecule has 9 heteroatoms. The van der Waals surface area contributed by atoms with Crippen molar-refractivity contribution in [3.63, 3.8) is 0 Å². The fraction of sp³-hybridized carbons (Fsp3) is 0. The molecule has 3 heterocycles. The van der Waals surface area contributed by atoms with E-state index in [1.807, 2.05) is 0 Å². The van der Waals surface area contributed by atoms with Gasteiger partial charge in [-0.1, -0.05) is 0 Å². The first-order valence-corrected chi connectivity index (χ1v) is 6.73. The van der Waals surface area contributed by atoms with E-state index in [4.69, 9.17) is 11.6 Å². The van der Waals surface area contributed by atoms with Crippen molar-refractivity contribution in [1.29, 1.82) is 0 Å². The maximum Gasteiger partial charge on any atom is 0.416 e. The monoisotopic (exact) mass is 370 g/mol. The molecule has 3 aromatic heterocycles. The Morgan fingerprint density at radius 3 is 2.86 bits per heavy atom. The lowest BCUT2D eigenvalue weighted by atomic mass is 10.1. The van der Waals surface area contributed by atoms with Crippen LogP contribution in [0.1, 0.15) is 0 Å². The average molecular weight is 372 g/mol. The number of carbonyl (C=O) groups is 1. The Hall–Kier alpha value is -2.06. The van der Waals surface area contributed by atoms with Gasteiger partial charge in [0.25, 0.3) is 0 Å². The lowest BCUT2D eigenvalue weighted by Gasteiger charge is -2.00. The van der Waals surface area contributed by atoms with Crippen molar-refractivity contribution in [2.45, 2.75) is 0 Å². The molecule has 3 rings (SSSR count). The fourth-order valence-corrected chi connectivity index (χ4v) is 2.43. The molecule has 0 aliphatic rings. The van der Waals surface area contributed by atoms with Gasteiger partial charge in [0.2, 0.25) is 5.28 Å². The number of pyridine rings is 1. The maximum absolute atomic E-state index is 13.9. The van der Waals surface area contributed by atoms with Crippen molar-refractivity contribution in [3.05, 3.63) is 40.4 Å². The summed E-state index contributed by atoms with van der Waals surface area (Å²) in [5, 5.41) is 9.54. The van der Waals surface area contributed by atoms with E-state index in [1.54, 1.807) is 0 Å². The molecule has 0 saturated carbocycles. The molecule has 0 aliphatic heterocycles. The molecular formula is C12H5BrClFN4O2. The van der Waals surface area contributed by atoms with Gasteiger partial charge in [-0.05, 0) is 33.6 Å². The SMILES string of the molecule is O=C(O)n1cc(-c2nc(Cl)ncc2F)c2cnc(Br)cc21. The number of hydrogen-bond acceptors (Lipinski definition) is 4. The summed E-state index contributed by atoms with van der Waals surface area (Å²) in [5.74, 6) is -0.702. The molecule has 0 aromatic carbocycles. The van der Waals surface area contributed by atoms with E-state index in [2.05, 4.69) is 30.9 Å². The Kier molecular flexibility index (Phi) is 3.34. The smallest absolute Gasteiger partial charge is 0.416 e. The molecule has 0 radical (unpaired) electrons. The summed E-state index contributed by atoms with van der Waals surface area (Å²) in [6.07, 6.45) is 2.43. The van der Waals surface area contributed by atoms with E-state index in [-0.39, 0.29) is 16.5 Å². The minimum Gasteiger partial charge on any atom is -0.464 e. The Labute approximate surface area is 130 Å². The van der Waals surface area contributed by atoms with Gasteiger partial charge in [0, 0.05) is 23.3 Å². The van der Waals surface area contributed by atoms with Crippen LogP contribution in [0, 0.1) is 5.82 Å². The van der Waals surface area contributed by atoms with Gasteiger partial charge in [0.15, 0.2) is 5.82 Å². The molecule has 106 valence electrons. The van der Waals surface area contributed by atoms with Crippen LogP contribution in [0.4, 0.5) is 9.18 Å². The van der Waals surface area contributed by atoms with Crippen LogP contribution in [0.5, 0.6) is 0 Å². The van der Waals surface area contributed by atoms with Crippen molar-refractivity contribution < 1.29 is 14.3 Å². The largest absolute Gasteiger partial charge is 0.464 e. The third kappa shape index (κ3) is 2.36. The number of nitrogens with zero attached hydrogens (tertiary/aromatic N) is 4. The molecule has 0 atom stereocenters. The van der Waals surface area contributed by atoms with Crippen molar-refractivity contribution in [3.8, 4) is 11.3 Å². The molecule has 0 aliphatic carbocycles. The summed E-state index contributed by atoms with van der Waals surface area (Å²) in [5.41, 5.74) is 0.548. The number of halogens is 3. The highest BCUT2D eigenvalue weighted by molar-refractivity contribution is 9.10. The highest BCUT2D eigenvalue weighted by Gasteiger charge is 2.19. The third-order valence-corrected chi connectivity index (χ3v) is 3.45. The van der Waals surface area contributed by atoms with Crippen LogP contribution in [0.2, 0.25) is 5.28 Å². The standard InChI is InChI=1S/C12H5BrClFN4O2/c13-9-1-8-5(2-16-9)6(4-19(8)12(20)21)10-7(15)3-17-11(14)18-10/h1-4H,(H,20,21). The third-order valence-electron chi connectivity index (χ3n) is 2.83. The summed E-state index contributed by atoms with van der Waals surface area (Å²) < 4.78 is 15.3. The fourth-order valence-electron chi connectivity index (χ4n) is 1.98. The summed E-state index contributed by atoms with van der Waals surface area (Å²) in [7, 11) is 0. The van der Waals surface area contributed by atoms with E-state index in [0.717, 1.165) is 10.8 Å². The molecule has 3 aromatic rings. The Bertz CT molecular complexity index is 883. The quantitative estimate of drug-likeness (QED) is 0.522. The first-order chi connectivity index (χ1) is 9.97. The van der Waals surface area contributed by atoms with E-state index in [9.17, 15) is 14.3 Å². The molecule has 0 unspecified atom stereocenters. The Morgan fingerprint density at radius 1 is 1.38 bits per heavy atom. The van der Waals surface area contributed by atoms with Gasteiger partial charge >= 0.3 is 6.09 Å². The molecule has 0 bridgehead atoms. The van der Waals surface area contributed by atoms with Crippen LogP contribution in [0.15, 0.2) is 29.3 Å². The predicted octanol–water partition coefficient (Wildman–Crippen LogP) is 3.57. The van der Waals surface area contributed by atoms with E-state index < -0.39 is 11.9 Å². The van der Waals surface area contributed by atoms with Gasteiger partial charge in [-0.15, -0.1) is 0 Å². The molecule has 0 amide bonds. The van der Waals surface area contributed by atoms with Gasteiger partial charge in [0.05, 0.1) is 11.7 Å². The normalized spacial score (nSPS) is 11.0. The molecular weight excluding hydrogens is 367 g/mol. The second-order valence-corrected chi connectivity index (χ2v) is 5.21. The lowest BCUT2D eigenvalue weighted by molar-refractivity contribution is 0.197. The Morgan fingerprint density at radius 2 is 2.14 bits per heavy atom. The van der Waals surface area contributed by atoms with E-state index >= 15 is 0 Å². The zero-order valence-electron chi connectivity index (χ0n) is 10.1. The Balaban J connectivity index is 2.38. The summed E-state index contributed by atoms with van der Waals surface area (Å²) in [6, 6.07) is 1.52. The number of aromatic nitrogens is 4. The maximum atomic E-state index is 13.9. The first-order valence-electron chi connectivity index (χ1n) is 5.55. The summed E-state index contributed by atoms with van der Waals surface area (Å²) in [6.45, 7) is 0. The molecule has 0 fully saturated rings. The number of rotatable bonds is 1. The zero-order chi connectivity index (χ0) is 15.1. The minimum atomic E-state index is -1.20. The molecule has 0 spiro atoms. The van der Waals surface area contributed by atoms with Crippen LogP contribution in [0.3, 0.4) is 0 Å². The van der Waals surface area contributed by atoms with Crippen LogP contribution >= 0.6 is 27.5 Å². The van der Waals surface area contributed by atoms with Gasteiger partial charge in [-0.2, -0.15) is 0 Å². The summed E-state index contributed by atoms with van der Waals surface area (Å²) in [4.78, 5) is 22.7. The first kappa shape index (κ1) is 13.9. The van der Waals surface area contributed by atoms with E-state index in [1.165, 1.54) is 18.5 Å². The highest BCUT2D eigenvalue weighted by atomic mass is 79.9. The van der Waals surface area contributed by atoms with Gasteiger partial charge in [0.1, 0.15) is 10.3 Å². The van der Waals surface area contributed by atoms with Gasteiger partial charge in [-0.25, -0.2) is 24.1 Å². The molecule has 1 N–H and O–H groups in total. The topological polar surface area (TPSA) is 80.9 Å². The van der Waals surface area contributed by atoms with Crippen molar-refractivity contribution in [2.75, 3.05) is 0 Å². The lowest BCUT2D eigenvalue weighted by Crippen LogP contribution is -2.05. The molecule has 21 heavy (non-hydrogen) atoms. The molecule has 6 nitrogen and oxygen atoms in total. The zero-order valence-corrected chi connectivity index (χ0v) is 12.4. The van der Waals surface area contributed by atoms with Crippen LogP contribution in [0.25, 0.3) is 22.2 Å². The van der Waals surface area contributed by atoms with Crippen LogP contribution in [-0.2, 0) is 0 Å². The molecule has 0 saturated heterocycles. The predicted molar refractivity (Wildman–Crippen MR) is 76.8 cm³/mol. The second-order valence-electron chi connectivity index (χ2n) is 4.06. The van der Waals surface area contributed by atoms with Crippen molar-refractivity contribution in [1.82, 2.24) is 19.5 Å². The van der Waals surface area contributed by atoms with Crippen molar-refractivity contribution >= 4 is 44.5 Å². The van der Waals surface area contributed by atoms with Gasteiger partial charge < -0.3 is 5.11 Å². The van der Waals surface area contributed by atoms with Crippen molar-refractivity contribution in [2.24, 2.45) is 0 Å². The average Bonchev–Trinajstić information content (AvgIpc) is 2.80. The number of fused-ring (bicyclic) bond motifs is 1. The summed E-state index contributed by atoms with van der Waals surface area (Å²) >= 11 is 8.85. The van der Waals surface area contributed by atoms with E-state index in [0.29, 0.717) is 15.5 Å². The van der Waals surface area contributed by atoms with Gasteiger partial charge in [-0.3, -0.25) is 4.57 Å². The van der Waals surface area contributed by atoms with Crippen LogP contribution in [-0.4, -0.2) is 30.7 Å². The minimum absolute atomic E-state index is 0.0795. The highest BCUT2D eigenvalue weighted by Crippen LogP contribution is 2.32. The number of hydrogen-bond donors (Lipinski definition) is 1.